The second-order valence-electron chi connectivity index (χ2n) is 7.76. The van der Waals surface area contributed by atoms with Crippen LogP contribution in [-0.4, -0.2) is 21.5 Å². The summed E-state index contributed by atoms with van der Waals surface area (Å²) < 4.78 is 0. The molecule has 0 aliphatic heterocycles. The van der Waals surface area contributed by atoms with Gasteiger partial charge in [0.05, 0.1) is 5.69 Å². The minimum Gasteiger partial charge on any atom is -0.343 e. The maximum Gasteiger partial charge on any atom is 0.141 e. The molecular formula is C24H26N4. The first kappa shape index (κ1) is 18.4. The highest BCUT2D eigenvalue weighted by molar-refractivity contribution is 5.91. The Bertz CT molecular complexity index is 1100. The molecule has 0 bridgehead atoms. The van der Waals surface area contributed by atoms with Crippen LogP contribution in [-0.2, 0) is 5.41 Å². The number of nitrogens with zero attached hydrogens (tertiary/aromatic N) is 2. The molecule has 28 heavy (non-hydrogen) atoms. The highest BCUT2D eigenvalue weighted by atomic mass is 14.9. The number of hydrogen-bond donors (Lipinski definition) is 2. The van der Waals surface area contributed by atoms with Gasteiger partial charge in [-0.05, 0) is 50.0 Å². The lowest BCUT2D eigenvalue weighted by Crippen LogP contribution is -2.33. The molecule has 4 rings (SSSR count). The predicted octanol–water partition coefficient (Wildman–Crippen LogP) is 4.98. The van der Waals surface area contributed by atoms with Gasteiger partial charge in [0.15, 0.2) is 0 Å². The van der Waals surface area contributed by atoms with E-state index in [0.717, 1.165) is 40.8 Å². The van der Waals surface area contributed by atoms with Crippen molar-refractivity contribution in [2.45, 2.75) is 32.1 Å². The molecule has 1 unspecified atom stereocenters. The van der Waals surface area contributed by atoms with E-state index in [-0.39, 0.29) is 5.41 Å². The molecule has 0 saturated carbocycles. The summed E-state index contributed by atoms with van der Waals surface area (Å²) in [7, 11) is 0. The lowest BCUT2D eigenvalue weighted by molar-refractivity contribution is 0.461. The van der Waals surface area contributed by atoms with E-state index in [1.807, 2.05) is 19.1 Å². The Balaban J connectivity index is 1.76. The highest BCUT2D eigenvalue weighted by Gasteiger charge is 2.37. The van der Waals surface area contributed by atoms with E-state index in [1.165, 1.54) is 16.7 Å². The summed E-state index contributed by atoms with van der Waals surface area (Å²) in [6.45, 7) is 8.64. The number of hydrogen-bond acceptors (Lipinski definition) is 3. The van der Waals surface area contributed by atoms with Crippen molar-refractivity contribution in [1.29, 1.82) is 0 Å². The zero-order chi connectivity index (χ0) is 19.7. The van der Waals surface area contributed by atoms with Crippen LogP contribution < -0.4 is 5.73 Å². The van der Waals surface area contributed by atoms with Crippen molar-refractivity contribution >= 4 is 11.0 Å². The molecule has 0 radical (unpaired) electrons. The van der Waals surface area contributed by atoms with Gasteiger partial charge in [-0.15, -0.1) is 0 Å². The third-order valence-corrected chi connectivity index (χ3v) is 5.81. The molecule has 142 valence electrons. The van der Waals surface area contributed by atoms with Crippen LogP contribution in [0, 0.1) is 6.92 Å². The van der Waals surface area contributed by atoms with Crippen molar-refractivity contribution < 1.29 is 0 Å². The monoisotopic (exact) mass is 370 g/mol. The van der Waals surface area contributed by atoms with Gasteiger partial charge in [-0.1, -0.05) is 48.6 Å². The van der Waals surface area contributed by atoms with Crippen LogP contribution in [0.2, 0.25) is 0 Å². The Morgan fingerprint density at radius 3 is 2.86 bits per heavy atom. The van der Waals surface area contributed by atoms with Crippen LogP contribution in [0.5, 0.6) is 0 Å². The Morgan fingerprint density at radius 1 is 1.21 bits per heavy atom. The van der Waals surface area contributed by atoms with Crippen LogP contribution in [0.15, 0.2) is 72.6 Å². The van der Waals surface area contributed by atoms with Crippen LogP contribution in [0.25, 0.3) is 22.3 Å². The number of rotatable bonds is 5. The first-order valence-corrected chi connectivity index (χ1v) is 9.65. The molecule has 1 atom stereocenters. The maximum absolute atomic E-state index is 6.34. The summed E-state index contributed by atoms with van der Waals surface area (Å²) in [5, 5.41) is 1.05. The van der Waals surface area contributed by atoms with Gasteiger partial charge < -0.3 is 10.7 Å². The number of aromatic nitrogens is 3. The van der Waals surface area contributed by atoms with Gasteiger partial charge in [-0.3, -0.25) is 0 Å². The third kappa shape index (κ3) is 3.10. The third-order valence-electron chi connectivity index (χ3n) is 5.81. The van der Waals surface area contributed by atoms with Crippen molar-refractivity contribution in [3.8, 4) is 11.3 Å². The van der Waals surface area contributed by atoms with Gasteiger partial charge in [0.25, 0.3) is 0 Å². The fourth-order valence-corrected chi connectivity index (χ4v) is 4.35. The number of fused-ring (bicyclic) bond motifs is 1. The Labute approximate surface area is 165 Å². The smallest absolute Gasteiger partial charge is 0.141 e. The normalized spacial score (nSPS) is 19.8. The fraction of sp³-hybridized carbons (Fsp3) is 0.250. The maximum atomic E-state index is 6.34. The lowest BCUT2D eigenvalue weighted by atomic mass is 9.76. The number of H-pyrrole nitrogens is 1. The minimum absolute atomic E-state index is 0.0683. The minimum atomic E-state index is -0.0683. The largest absolute Gasteiger partial charge is 0.343 e. The zero-order valence-corrected chi connectivity index (χ0v) is 16.5. The van der Waals surface area contributed by atoms with E-state index in [2.05, 4.69) is 64.9 Å². The second kappa shape index (κ2) is 7.21. The van der Waals surface area contributed by atoms with Crippen LogP contribution in [0.4, 0.5) is 0 Å². The first-order chi connectivity index (χ1) is 13.6. The molecule has 3 N–H and O–H groups in total. The summed E-state index contributed by atoms with van der Waals surface area (Å²) >= 11 is 0. The number of nitrogens with one attached hydrogen (secondary N) is 1. The highest BCUT2D eigenvalue weighted by Crippen LogP contribution is 2.45. The molecule has 2 heterocycles. The number of aryl methyl sites for hydroxylation is 1. The van der Waals surface area contributed by atoms with Gasteiger partial charge in [0, 0.05) is 28.6 Å². The summed E-state index contributed by atoms with van der Waals surface area (Å²) in [5.41, 5.74) is 14.3. The molecule has 0 amide bonds. The van der Waals surface area contributed by atoms with Crippen molar-refractivity contribution in [3.63, 3.8) is 0 Å². The molecule has 1 aromatic carbocycles. The fourth-order valence-electron chi connectivity index (χ4n) is 4.35. The molecule has 3 aromatic rings. The van der Waals surface area contributed by atoms with Crippen molar-refractivity contribution in [3.05, 3.63) is 83.9 Å². The summed E-state index contributed by atoms with van der Waals surface area (Å²) in [6.07, 6.45) is 9.55. The predicted molar refractivity (Wildman–Crippen MR) is 116 cm³/mol. The van der Waals surface area contributed by atoms with E-state index >= 15 is 0 Å². The molecule has 0 fully saturated rings. The lowest BCUT2D eigenvalue weighted by Gasteiger charge is -2.29. The van der Waals surface area contributed by atoms with E-state index < -0.39 is 0 Å². The molecule has 4 heteroatoms. The van der Waals surface area contributed by atoms with E-state index in [1.54, 1.807) is 6.33 Å². The Kier molecular flexibility index (Phi) is 4.73. The van der Waals surface area contributed by atoms with E-state index in [4.69, 9.17) is 5.73 Å². The topological polar surface area (TPSA) is 67.6 Å². The Hall–Kier alpha value is -2.98. The summed E-state index contributed by atoms with van der Waals surface area (Å²) in [4.78, 5) is 12.2. The molecule has 0 spiro atoms. The summed E-state index contributed by atoms with van der Waals surface area (Å²) in [5.74, 6) is 0. The Morgan fingerprint density at radius 2 is 2.07 bits per heavy atom. The quantitative estimate of drug-likeness (QED) is 0.622. The van der Waals surface area contributed by atoms with Crippen molar-refractivity contribution in [2.75, 3.05) is 6.54 Å². The van der Waals surface area contributed by atoms with Gasteiger partial charge in [-0.2, -0.15) is 0 Å². The average molecular weight is 371 g/mol. The SMILES string of the molecule is C=C/C=C\C1=C(C)CC(CN)(c2cccc(-c3ncnc4[nH]c(C)cc34)c2)C1. The second-order valence-corrected chi connectivity index (χ2v) is 7.76. The van der Waals surface area contributed by atoms with E-state index in [9.17, 15) is 0 Å². The average Bonchev–Trinajstić information content (AvgIpc) is 3.25. The molecule has 2 aromatic heterocycles. The standard InChI is InChI=1S/C24H26N4/c1-4-5-7-19-13-24(14-25,12-16(19)2)20-9-6-8-18(11-20)22-21-10-17(3)28-23(21)27-15-26-22/h4-11,15H,1,12-14,25H2,2-3H3,(H,26,27,28)/b7-5-. The molecular weight excluding hydrogens is 344 g/mol. The zero-order valence-electron chi connectivity index (χ0n) is 16.5. The van der Waals surface area contributed by atoms with Crippen LogP contribution in [0.1, 0.15) is 31.0 Å². The van der Waals surface area contributed by atoms with Gasteiger partial charge >= 0.3 is 0 Å². The number of nitrogens with two attached hydrogens (primary N) is 1. The number of allylic oxidation sites excluding steroid dienone is 5. The molecule has 0 saturated heterocycles. The van der Waals surface area contributed by atoms with Gasteiger partial charge in [0.2, 0.25) is 0 Å². The first-order valence-electron chi connectivity index (χ1n) is 9.65. The molecule has 4 nitrogen and oxygen atoms in total. The van der Waals surface area contributed by atoms with Crippen molar-refractivity contribution in [1.82, 2.24) is 15.0 Å². The molecule has 1 aliphatic carbocycles. The summed E-state index contributed by atoms with van der Waals surface area (Å²) in [6, 6.07) is 10.8. The van der Waals surface area contributed by atoms with Crippen LogP contribution in [0.3, 0.4) is 0 Å². The molecule has 1 aliphatic rings. The van der Waals surface area contributed by atoms with Crippen LogP contribution >= 0.6 is 0 Å². The van der Waals surface area contributed by atoms with Crippen molar-refractivity contribution in [2.24, 2.45) is 5.73 Å². The van der Waals surface area contributed by atoms with E-state index in [0.29, 0.717) is 6.54 Å². The number of benzene rings is 1. The number of aromatic amines is 1. The van der Waals surface area contributed by atoms with Gasteiger partial charge in [-0.25, -0.2) is 9.97 Å². The van der Waals surface area contributed by atoms with Gasteiger partial charge in [0.1, 0.15) is 12.0 Å².